The van der Waals surface area contributed by atoms with Crippen molar-refractivity contribution in [1.82, 2.24) is 9.78 Å². The summed E-state index contributed by atoms with van der Waals surface area (Å²) in [6, 6.07) is 9.43. The second kappa shape index (κ2) is 14.1. The van der Waals surface area contributed by atoms with Gasteiger partial charge in [0.05, 0.1) is 39.9 Å². The lowest BCUT2D eigenvalue weighted by molar-refractivity contribution is -0.134. The summed E-state index contributed by atoms with van der Waals surface area (Å²) >= 11 is 0. The maximum Gasteiger partial charge on any atom is 0.359 e. The molecule has 18 heteroatoms. The number of esters is 2. The molecule has 0 aliphatic carbocycles. The lowest BCUT2D eigenvalue weighted by Gasteiger charge is -2.19. The van der Waals surface area contributed by atoms with Crippen molar-refractivity contribution < 1.29 is 55.2 Å². The number of hydrogen-bond donors (Lipinski definition) is 4. The molecule has 4 N–H and O–H groups in total. The number of hydrogen-bond acceptors (Lipinski definition) is 13. The first-order chi connectivity index (χ1) is 22.2. The number of aliphatic hydroxyl groups is 1. The zero-order chi connectivity index (χ0) is 34.5. The summed E-state index contributed by atoms with van der Waals surface area (Å²) in [6.07, 6.45) is 5.48. The fourth-order valence-corrected chi connectivity index (χ4v) is 5.17. The Bertz CT molecular complexity index is 2010. The van der Waals surface area contributed by atoms with Crippen molar-refractivity contribution in [2.24, 2.45) is 5.10 Å². The van der Waals surface area contributed by atoms with E-state index in [1.54, 1.807) is 13.8 Å². The molecule has 1 unspecified atom stereocenters. The summed E-state index contributed by atoms with van der Waals surface area (Å²) in [5.74, 6) is -2.18. The number of aromatic hydroxyl groups is 1. The largest absolute Gasteiger partial charge is 0.493 e. The highest BCUT2D eigenvalue weighted by Gasteiger charge is 2.35. The molecule has 1 aliphatic heterocycles. The summed E-state index contributed by atoms with van der Waals surface area (Å²) in [4.78, 5) is 24.4. The van der Waals surface area contributed by atoms with Gasteiger partial charge in [0, 0.05) is 5.57 Å². The standard InChI is InChI=1S/C29H28N4O12S2/c1-3-44-28(36)24-22(26(34)32(30-24)18-10-14-20(15-11-18)46(38,39)40)8-6-5-7-9-23-25(29(37)45-4-2)31-33(27(23)35)19-12-16-21(17-13-19)47(41,42)43/h5-17,26,34-35H,3-4H2,1-2H3,(H,38,39,40)(H,41,42,43). The Balaban J connectivity index is 1.64. The Kier molecular flexibility index (Phi) is 10.4. The van der Waals surface area contributed by atoms with Gasteiger partial charge >= 0.3 is 11.9 Å². The van der Waals surface area contributed by atoms with Crippen LogP contribution in [0, 0.1) is 0 Å². The van der Waals surface area contributed by atoms with Crippen molar-refractivity contribution in [2.75, 3.05) is 18.2 Å². The number of ether oxygens (including phenoxy) is 2. The van der Waals surface area contributed by atoms with E-state index in [-0.39, 0.29) is 56.9 Å². The predicted molar refractivity (Wildman–Crippen MR) is 166 cm³/mol. The minimum atomic E-state index is -4.47. The van der Waals surface area contributed by atoms with E-state index in [0.29, 0.717) is 0 Å². The van der Waals surface area contributed by atoms with Crippen molar-refractivity contribution >= 4 is 49.6 Å². The van der Waals surface area contributed by atoms with Crippen molar-refractivity contribution in [3.05, 3.63) is 89.7 Å². The van der Waals surface area contributed by atoms with Gasteiger partial charge in [-0.2, -0.15) is 31.7 Å². The number of carbonyl (C=O) groups excluding carboxylic acids is 2. The molecular formula is C29H28N4O12S2. The zero-order valence-electron chi connectivity index (χ0n) is 24.7. The van der Waals surface area contributed by atoms with E-state index in [4.69, 9.17) is 9.47 Å². The van der Waals surface area contributed by atoms with Crippen LogP contribution in [0.25, 0.3) is 11.8 Å². The number of nitrogens with zero attached hydrogens (tertiary/aromatic N) is 4. The molecule has 0 spiro atoms. The van der Waals surface area contributed by atoms with Crippen LogP contribution in [0.3, 0.4) is 0 Å². The molecule has 16 nitrogen and oxygen atoms in total. The average molecular weight is 689 g/mol. The first-order valence-electron chi connectivity index (χ1n) is 13.6. The van der Waals surface area contributed by atoms with E-state index in [1.807, 2.05) is 0 Å². The summed E-state index contributed by atoms with van der Waals surface area (Å²) in [6.45, 7) is 3.20. The number of aliphatic hydroxyl groups excluding tert-OH is 1. The number of aromatic nitrogens is 2. The Morgan fingerprint density at radius 1 is 0.830 bits per heavy atom. The monoisotopic (exact) mass is 688 g/mol. The van der Waals surface area contributed by atoms with E-state index in [1.165, 1.54) is 54.6 Å². The van der Waals surface area contributed by atoms with Gasteiger partial charge in [-0.3, -0.25) is 9.11 Å². The van der Waals surface area contributed by atoms with Crippen molar-refractivity contribution in [3.8, 4) is 11.6 Å². The number of allylic oxidation sites excluding steroid dienone is 4. The molecule has 0 saturated carbocycles. The van der Waals surface area contributed by atoms with Crippen LogP contribution in [0.5, 0.6) is 5.88 Å². The first kappa shape index (κ1) is 34.7. The minimum Gasteiger partial charge on any atom is -0.493 e. The SMILES string of the molecule is CCOC(=O)C1=NN(c2ccc(S(=O)(=O)O)cc2)C(O)C1=CC=CC=Cc1c(C(=O)OCC)nn(-c2ccc(S(=O)(=O)O)cc2)c1O. The third kappa shape index (κ3) is 7.81. The van der Waals surface area contributed by atoms with Gasteiger partial charge in [0.1, 0.15) is 0 Å². The first-order valence-corrected chi connectivity index (χ1v) is 16.5. The smallest absolute Gasteiger partial charge is 0.359 e. The number of anilines is 1. The van der Waals surface area contributed by atoms with Crippen LogP contribution in [0.15, 0.2) is 93.3 Å². The highest BCUT2D eigenvalue weighted by molar-refractivity contribution is 7.86. The molecule has 248 valence electrons. The second-order valence-corrected chi connectivity index (χ2v) is 12.3. The van der Waals surface area contributed by atoms with E-state index < -0.39 is 44.3 Å². The molecule has 1 aliphatic rings. The fourth-order valence-electron chi connectivity index (χ4n) is 4.21. The normalized spacial score (nSPS) is 16.3. The van der Waals surface area contributed by atoms with Gasteiger partial charge in [0.2, 0.25) is 5.88 Å². The molecule has 47 heavy (non-hydrogen) atoms. The summed E-state index contributed by atoms with van der Waals surface area (Å²) in [5.41, 5.74) is -0.138. The Morgan fingerprint density at radius 3 is 1.89 bits per heavy atom. The third-order valence-corrected chi connectivity index (χ3v) is 8.10. The number of hydrazone groups is 1. The quantitative estimate of drug-likeness (QED) is 0.129. The molecular weight excluding hydrogens is 660 g/mol. The predicted octanol–water partition coefficient (Wildman–Crippen LogP) is 2.50. The van der Waals surface area contributed by atoms with Crippen LogP contribution in [-0.4, -0.2) is 83.0 Å². The molecule has 0 amide bonds. The van der Waals surface area contributed by atoms with Crippen LogP contribution in [0.1, 0.15) is 29.9 Å². The molecule has 3 aromatic rings. The molecule has 1 atom stereocenters. The Morgan fingerprint density at radius 2 is 1.36 bits per heavy atom. The molecule has 4 rings (SSSR count). The van der Waals surface area contributed by atoms with Gasteiger partial charge in [-0.25, -0.2) is 14.6 Å². The number of benzene rings is 2. The number of rotatable bonds is 11. The lowest BCUT2D eigenvalue weighted by atomic mass is 10.1. The van der Waals surface area contributed by atoms with Crippen LogP contribution in [-0.2, 0) is 34.5 Å². The van der Waals surface area contributed by atoms with Gasteiger partial charge in [0.25, 0.3) is 20.2 Å². The van der Waals surface area contributed by atoms with Gasteiger partial charge < -0.3 is 19.7 Å². The maximum absolute atomic E-state index is 12.6. The molecule has 1 aromatic heterocycles. The summed E-state index contributed by atoms with van der Waals surface area (Å²) < 4.78 is 75.0. The van der Waals surface area contributed by atoms with E-state index in [0.717, 1.165) is 34.0 Å². The van der Waals surface area contributed by atoms with Crippen LogP contribution < -0.4 is 5.01 Å². The molecule has 0 bridgehead atoms. The molecule has 2 heterocycles. The molecule has 2 aromatic carbocycles. The summed E-state index contributed by atoms with van der Waals surface area (Å²) in [5, 5.41) is 31.2. The Hall–Kier alpha value is -5.14. The minimum absolute atomic E-state index is 0.0144. The van der Waals surface area contributed by atoms with E-state index in [2.05, 4.69) is 10.2 Å². The zero-order valence-corrected chi connectivity index (χ0v) is 26.3. The lowest BCUT2D eigenvalue weighted by Crippen LogP contribution is -2.28. The number of carbonyl (C=O) groups is 2. The summed E-state index contributed by atoms with van der Waals surface area (Å²) in [7, 11) is -8.93. The Labute approximate surface area is 268 Å². The topological polar surface area (TPSA) is 235 Å². The molecule has 0 radical (unpaired) electrons. The maximum atomic E-state index is 12.6. The average Bonchev–Trinajstić information content (AvgIpc) is 3.52. The molecule has 0 saturated heterocycles. The second-order valence-electron chi connectivity index (χ2n) is 9.41. The van der Waals surface area contributed by atoms with Gasteiger partial charge in [-0.1, -0.05) is 24.3 Å². The van der Waals surface area contributed by atoms with Crippen LogP contribution in [0.2, 0.25) is 0 Å². The fraction of sp³-hybridized carbons (Fsp3) is 0.172. The van der Waals surface area contributed by atoms with Gasteiger partial charge in [-0.15, -0.1) is 0 Å². The van der Waals surface area contributed by atoms with E-state index in [9.17, 15) is 45.7 Å². The van der Waals surface area contributed by atoms with Gasteiger partial charge in [0.15, 0.2) is 17.6 Å². The third-order valence-electron chi connectivity index (χ3n) is 6.36. The van der Waals surface area contributed by atoms with Crippen molar-refractivity contribution in [3.63, 3.8) is 0 Å². The van der Waals surface area contributed by atoms with Crippen molar-refractivity contribution in [2.45, 2.75) is 29.9 Å². The van der Waals surface area contributed by atoms with Crippen LogP contribution >= 0.6 is 0 Å². The van der Waals surface area contributed by atoms with E-state index >= 15 is 0 Å². The highest BCUT2D eigenvalue weighted by Crippen LogP contribution is 2.30. The van der Waals surface area contributed by atoms with Crippen LogP contribution in [0.4, 0.5) is 5.69 Å². The van der Waals surface area contributed by atoms with Gasteiger partial charge in [-0.05, 0) is 68.5 Å². The van der Waals surface area contributed by atoms with Crippen molar-refractivity contribution in [1.29, 1.82) is 0 Å². The highest BCUT2D eigenvalue weighted by atomic mass is 32.2. The molecule has 0 fully saturated rings.